The summed E-state index contributed by atoms with van der Waals surface area (Å²) in [6, 6.07) is 4.62. The normalized spacial score (nSPS) is 19.9. The number of hydrogen-bond donors (Lipinski definition) is 1. The third-order valence-corrected chi connectivity index (χ3v) is 3.23. The van der Waals surface area contributed by atoms with Gasteiger partial charge >= 0.3 is 0 Å². The summed E-state index contributed by atoms with van der Waals surface area (Å²) in [5.74, 6) is 1.25. The van der Waals surface area contributed by atoms with Crippen LogP contribution in [0.1, 0.15) is 12.2 Å². The second kappa shape index (κ2) is 4.37. The van der Waals surface area contributed by atoms with Gasteiger partial charge in [-0.2, -0.15) is 0 Å². The smallest absolute Gasteiger partial charge is 0.129 e. The SMILES string of the molecule is Fc1ccc2nc(C[C@@H]3CCNC3)ncc2c1. The van der Waals surface area contributed by atoms with Gasteiger partial charge in [0, 0.05) is 18.0 Å². The maximum Gasteiger partial charge on any atom is 0.129 e. The van der Waals surface area contributed by atoms with Gasteiger partial charge < -0.3 is 5.32 Å². The van der Waals surface area contributed by atoms with Gasteiger partial charge in [0.25, 0.3) is 0 Å². The van der Waals surface area contributed by atoms with E-state index in [1.54, 1.807) is 12.3 Å². The third kappa shape index (κ3) is 2.26. The number of halogens is 1. The second-order valence-electron chi connectivity index (χ2n) is 4.55. The minimum absolute atomic E-state index is 0.242. The van der Waals surface area contributed by atoms with Crippen molar-refractivity contribution in [2.45, 2.75) is 12.8 Å². The quantitative estimate of drug-likeness (QED) is 0.858. The lowest BCUT2D eigenvalue weighted by molar-refractivity contribution is 0.562. The number of nitrogens with zero attached hydrogens (tertiary/aromatic N) is 2. The maximum atomic E-state index is 13.0. The molecule has 17 heavy (non-hydrogen) atoms. The Morgan fingerprint density at radius 3 is 3.18 bits per heavy atom. The van der Waals surface area contributed by atoms with Crippen LogP contribution in [0.3, 0.4) is 0 Å². The molecule has 1 saturated heterocycles. The molecule has 1 atom stereocenters. The summed E-state index contributed by atoms with van der Waals surface area (Å²) in [6.07, 6.45) is 3.80. The molecule has 1 fully saturated rings. The Morgan fingerprint density at radius 1 is 1.41 bits per heavy atom. The Bertz CT molecular complexity index is 535. The Kier molecular flexibility index (Phi) is 2.73. The topological polar surface area (TPSA) is 37.8 Å². The lowest BCUT2D eigenvalue weighted by atomic mass is 10.0. The van der Waals surface area contributed by atoms with Crippen molar-refractivity contribution in [2.24, 2.45) is 5.92 Å². The van der Waals surface area contributed by atoms with E-state index in [0.29, 0.717) is 5.92 Å². The first-order valence-corrected chi connectivity index (χ1v) is 5.93. The van der Waals surface area contributed by atoms with Crippen LogP contribution in [0.15, 0.2) is 24.4 Å². The molecule has 1 aliphatic rings. The fourth-order valence-electron chi connectivity index (χ4n) is 2.29. The fraction of sp³-hybridized carbons (Fsp3) is 0.385. The van der Waals surface area contributed by atoms with Crippen molar-refractivity contribution < 1.29 is 4.39 Å². The molecule has 0 aliphatic carbocycles. The van der Waals surface area contributed by atoms with Crippen molar-refractivity contribution in [3.63, 3.8) is 0 Å². The van der Waals surface area contributed by atoms with Crippen molar-refractivity contribution in [2.75, 3.05) is 13.1 Å². The van der Waals surface area contributed by atoms with E-state index in [1.807, 2.05) is 0 Å². The van der Waals surface area contributed by atoms with Crippen molar-refractivity contribution in [3.8, 4) is 0 Å². The van der Waals surface area contributed by atoms with Crippen LogP contribution in [0.5, 0.6) is 0 Å². The van der Waals surface area contributed by atoms with Gasteiger partial charge in [-0.3, -0.25) is 0 Å². The molecule has 2 heterocycles. The molecule has 1 N–H and O–H groups in total. The fourth-order valence-corrected chi connectivity index (χ4v) is 2.29. The lowest BCUT2D eigenvalue weighted by Gasteiger charge is -2.07. The van der Waals surface area contributed by atoms with E-state index < -0.39 is 0 Å². The molecule has 4 heteroatoms. The molecule has 0 saturated carbocycles. The Labute approximate surface area is 99.1 Å². The zero-order valence-corrected chi connectivity index (χ0v) is 9.49. The minimum atomic E-state index is -0.242. The summed E-state index contributed by atoms with van der Waals surface area (Å²) in [5, 5.41) is 4.09. The van der Waals surface area contributed by atoms with Crippen LogP contribution >= 0.6 is 0 Å². The summed E-state index contributed by atoms with van der Waals surface area (Å²) in [4.78, 5) is 8.78. The first-order valence-electron chi connectivity index (χ1n) is 5.93. The molecule has 3 rings (SSSR count). The van der Waals surface area contributed by atoms with Gasteiger partial charge in [0.1, 0.15) is 11.6 Å². The monoisotopic (exact) mass is 231 g/mol. The Hall–Kier alpha value is -1.55. The summed E-state index contributed by atoms with van der Waals surface area (Å²) in [7, 11) is 0. The standard InChI is InChI=1S/C13H14FN3/c14-11-1-2-12-10(6-11)8-16-13(17-12)5-9-3-4-15-7-9/h1-2,6,8-9,15H,3-5,7H2/t9-/m0/s1. The summed E-state index contributed by atoms with van der Waals surface area (Å²) in [5.41, 5.74) is 0.822. The number of benzene rings is 1. The average molecular weight is 231 g/mol. The van der Waals surface area contributed by atoms with Crippen LogP contribution in [-0.2, 0) is 6.42 Å². The Balaban J connectivity index is 1.88. The highest BCUT2D eigenvalue weighted by Gasteiger charge is 2.16. The molecule has 3 nitrogen and oxygen atoms in total. The summed E-state index contributed by atoms with van der Waals surface area (Å²) in [6.45, 7) is 2.13. The number of nitrogens with one attached hydrogen (secondary N) is 1. The van der Waals surface area contributed by atoms with Gasteiger partial charge in [0.15, 0.2) is 0 Å². The van der Waals surface area contributed by atoms with Crippen LogP contribution in [0.2, 0.25) is 0 Å². The van der Waals surface area contributed by atoms with Crippen molar-refractivity contribution in [3.05, 3.63) is 36.0 Å². The second-order valence-corrected chi connectivity index (χ2v) is 4.55. The molecule has 1 aromatic carbocycles. The summed E-state index contributed by atoms with van der Waals surface area (Å²) < 4.78 is 13.0. The van der Waals surface area contributed by atoms with Crippen LogP contribution in [0.4, 0.5) is 4.39 Å². The van der Waals surface area contributed by atoms with E-state index in [1.165, 1.54) is 18.6 Å². The van der Waals surface area contributed by atoms with Gasteiger partial charge in [-0.1, -0.05) is 0 Å². The predicted octanol–water partition coefficient (Wildman–Crippen LogP) is 1.92. The zero-order chi connectivity index (χ0) is 11.7. The number of aromatic nitrogens is 2. The van der Waals surface area contributed by atoms with E-state index in [4.69, 9.17) is 0 Å². The first kappa shape index (κ1) is 10.6. The molecule has 0 unspecified atom stereocenters. The highest BCUT2D eigenvalue weighted by Crippen LogP contribution is 2.16. The van der Waals surface area contributed by atoms with E-state index >= 15 is 0 Å². The maximum absolute atomic E-state index is 13.0. The van der Waals surface area contributed by atoms with Crippen LogP contribution in [0, 0.1) is 11.7 Å². The molecule has 88 valence electrons. The minimum Gasteiger partial charge on any atom is -0.316 e. The average Bonchev–Trinajstić information content (AvgIpc) is 2.82. The molecule has 0 radical (unpaired) electrons. The van der Waals surface area contributed by atoms with E-state index in [0.717, 1.165) is 36.2 Å². The van der Waals surface area contributed by atoms with Gasteiger partial charge in [0.2, 0.25) is 0 Å². The van der Waals surface area contributed by atoms with E-state index in [9.17, 15) is 4.39 Å². The molecule has 1 aliphatic heterocycles. The van der Waals surface area contributed by atoms with Crippen LogP contribution < -0.4 is 5.32 Å². The highest BCUT2D eigenvalue weighted by molar-refractivity contribution is 5.77. The van der Waals surface area contributed by atoms with Crippen molar-refractivity contribution in [1.29, 1.82) is 0 Å². The lowest BCUT2D eigenvalue weighted by Crippen LogP contribution is -2.12. The summed E-state index contributed by atoms with van der Waals surface area (Å²) >= 11 is 0. The molecule has 0 amide bonds. The van der Waals surface area contributed by atoms with E-state index in [2.05, 4.69) is 15.3 Å². The number of fused-ring (bicyclic) bond motifs is 1. The van der Waals surface area contributed by atoms with Gasteiger partial charge in [-0.15, -0.1) is 0 Å². The zero-order valence-electron chi connectivity index (χ0n) is 9.49. The molecule has 2 aromatic rings. The van der Waals surface area contributed by atoms with Crippen LogP contribution in [-0.4, -0.2) is 23.1 Å². The third-order valence-electron chi connectivity index (χ3n) is 3.23. The van der Waals surface area contributed by atoms with Crippen molar-refractivity contribution >= 4 is 10.9 Å². The van der Waals surface area contributed by atoms with Gasteiger partial charge in [-0.25, -0.2) is 14.4 Å². The predicted molar refractivity (Wildman–Crippen MR) is 64.2 cm³/mol. The van der Waals surface area contributed by atoms with Crippen molar-refractivity contribution in [1.82, 2.24) is 15.3 Å². The van der Waals surface area contributed by atoms with Gasteiger partial charge in [0.05, 0.1) is 5.52 Å². The number of hydrogen-bond acceptors (Lipinski definition) is 3. The molecule has 1 aromatic heterocycles. The molecular formula is C13H14FN3. The first-order chi connectivity index (χ1) is 8.31. The van der Waals surface area contributed by atoms with Gasteiger partial charge in [-0.05, 0) is 43.6 Å². The number of rotatable bonds is 2. The molecule has 0 bridgehead atoms. The van der Waals surface area contributed by atoms with E-state index in [-0.39, 0.29) is 5.82 Å². The Morgan fingerprint density at radius 2 is 2.35 bits per heavy atom. The largest absolute Gasteiger partial charge is 0.316 e. The van der Waals surface area contributed by atoms with Crippen LogP contribution in [0.25, 0.3) is 10.9 Å². The highest BCUT2D eigenvalue weighted by atomic mass is 19.1. The molecule has 0 spiro atoms. The molecular weight excluding hydrogens is 217 g/mol.